The molecule has 5 rings (SSSR count). The zero-order valence-electron chi connectivity index (χ0n) is 21.6. The number of hydrogen-bond acceptors (Lipinski definition) is 4. The van der Waals surface area contributed by atoms with Gasteiger partial charge < -0.3 is 14.5 Å². The number of methoxy groups -OCH3 is 1. The molecule has 0 bridgehead atoms. The monoisotopic (exact) mass is 523 g/mol. The Labute approximate surface area is 228 Å². The average Bonchev–Trinajstić information content (AvgIpc) is 2.97. The molecule has 4 aromatic carbocycles. The van der Waals surface area contributed by atoms with Crippen molar-refractivity contribution in [2.75, 3.05) is 38.2 Å². The van der Waals surface area contributed by atoms with Gasteiger partial charge in [-0.2, -0.15) is 5.26 Å². The lowest BCUT2D eigenvalue weighted by Crippen LogP contribution is -2.53. The van der Waals surface area contributed by atoms with Gasteiger partial charge in [0, 0.05) is 37.7 Å². The molecule has 1 unspecified atom stereocenters. The predicted octanol–water partition coefficient (Wildman–Crippen LogP) is 6.51. The van der Waals surface area contributed by atoms with Gasteiger partial charge in [0.15, 0.2) is 0 Å². The van der Waals surface area contributed by atoms with Crippen molar-refractivity contribution in [1.82, 2.24) is 4.90 Å². The van der Waals surface area contributed by atoms with E-state index in [1.807, 2.05) is 77.7 Å². The number of hydrogen-bond donors (Lipinski definition) is 0. The number of anilines is 1. The Morgan fingerprint density at radius 1 is 0.895 bits per heavy atom. The SMILES string of the molecule is COc1ccccc1[C@H](c1cccc2ccccc12)C(C)(C#N)C(=O)N1CCN(c2ccccc2Cl)CC1. The Morgan fingerprint density at radius 2 is 1.53 bits per heavy atom. The van der Waals surface area contributed by atoms with Crippen molar-refractivity contribution >= 4 is 34.0 Å². The molecule has 0 spiro atoms. The normalized spacial score (nSPS) is 15.9. The maximum atomic E-state index is 14.3. The molecule has 0 N–H and O–H groups in total. The van der Waals surface area contributed by atoms with Gasteiger partial charge in [-0.1, -0.05) is 84.4 Å². The second kappa shape index (κ2) is 10.8. The van der Waals surface area contributed by atoms with Crippen molar-refractivity contribution in [3.63, 3.8) is 0 Å². The molecule has 1 heterocycles. The molecule has 38 heavy (non-hydrogen) atoms. The first-order valence-electron chi connectivity index (χ1n) is 12.8. The highest BCUT2D eigenvalue weighted by Gasteiger charge is 2.47. The summed E-state index contributed by atoms with van der Waals surface area (Å²) in [4.78, 5) is 18.3. The number of rotatable bonds is 6. The highest BCUT2D eigenvalue weighted by molar-refractivity contribution is 6.33. The van der Waals surface area contributed by atoms with Crippen molar-refractivity contribution in [2.24, 2.45) is 5.41 Å². The minimum atomic E-state index is -1.37. The first-order valence-corrected chi connectivity index (χ1v) is 13.2. The summed E-state index contributed by atoms with van der Waals surface area (Å²) in [7, 11) is 1.62. The summed E-state index contributed by atoms with van der Waals surface area (Å²) in [5, 5.41) is 13.5. The molecule has 1 aliphatic rings. The third-order valence-electron chi connectivity index (χ3n) is 7.60. The van der Waals surface area contributed by atoms with E-state index in [0.29, 0.717) is 37.0 Å². The number of carbonyl (C=O) groups is 1. The average molecular weight is 524 g/mol. The number of benzene rings is 4. The Balaban J connectivity index is 1.55. The summed E-state index contributed by atoms with van der Waals surface area (Å²) in [6, 6.07) is 32.1. The van der Waals surface area contributed by atoms with Gasteiger partial charge in [0.2, 0.25) is 5.91 Å². The smallest absolute Gasteiger partial charge is 0.243 e. The minimum Gasteiger partial charge on any atom is -0.496 e. The zero-order chi connectivity index (χ0) is 26.7. The molecule has 0 aromatic heterocycles. The first kappa shape index (κ1) is 25.6. The number of nitriles is 1. The molecule has 192 valence electrons. The first-order chi connectivity index (χ1) is 18.5. The lowest BCUT2D eigenvalue weighted by molar-refractivity contribution is -0.139. The Hall–Kier alpha value is -4.01. The van der Waals surface area contributed by atoms with E-state index in [1.54, 1.807) is 14.0 Å². The molecule has 1 amide bonds. The van der Waals surface area contributed by atoms with Crippen molar-refractivity contribution < 1.29 is 9.53 Å². The van der Waals surface area contributed by atoms with Crippen molar-refractivity contribution in [2.45, 2.75) is 12.8 Å². The van der Waals surface area contributed by atoms with Crippen LogP contribution in [-0.2, 0) is 4.79 Å². The summed E-state index contributed by atoms with van der Waals surface area (Å²) in [6.45, 7) is 4.08. The number of amides is 1. The van der Waals surface area contributed by atoms with E-state index in [9.17, 15) is 10.1 Å². The van der Waals surface area contributed by atoms with Crippen LogP contribution in [0.3, 0.4) is 0 Å². The summed E-state index contributed by atoms with van der Waals surface area (Å²) in [5.74, 6) is -0.0604. The fourth-order valence-corrected chi connectivity index (χ4v) is 5.87. The summed E-state index contributed by atoms with van der Waals surface area (Å²) < 4.78 is 5.75. The summed E-state index contributed by atoms with van der Waals surface area (Å²) in [5.41, 5.74) is 1.34. The summed E-state index contributed by atoms with van der Waals surface area (Å²) >= 11 is 6.43. The Bertz CT molecular complexity index is 1500. The van der Waals surface area contributed by atoms with Crippen LogP contribution in [0.15, 0.2) is 91.0 Å². The van der Waals surface area contributed by atoms with Crippen molar-refractivity contribution in [3.05, 3.63) is 107 Å². The lowest BCUT2D eigenvalue weighted by atomic mass is 9.68. The van der Waals surface area contributed by atoms with Gasteiger partial charge in [0.25, 0.3) is 0 Å². The van der Waals surface area contributed by atoms with Gasteiger partial charge in [-0.3, -0.25) is 4.79 Å². The number of para-hydroxylation sites is 2. The Morgan fingerprint density at radius 3 is 2.26 bits per heavy atom. The van der Waals surface area contributed by atoms with Crippen LogP contribution in [0.25, 0.3) is 10.8 Å². The van der Waals surface area contributed by atoms with E-state index in [0.717, 1.165) is 27.6 Å². The highest BCUT2D eigenvalue weighted by atomic mass is 35.5. The van der Waals surface area contributed by atoms with E-state index >= 15 is 0 Å². The number of fused-ring (bicyclic) bond motifs is 1. The fourth-order valence-electron chi connectivity index (χ4n) is 5.62. The van der Waals surface area contributed by atoms with Gasteiger partial charge in [-0.05, 0) is 41.5 Å². The van der Waals surface area contributed by atoms with Crippen LogP contribution in [0.2, 0.25) is 5.02 Å². The maximum absolute atomic E-state index is 14.3. The third-order valence-corrected chi connectivity index (χ3v) is 7.92. The topological polar surface area (TPSA) is 56.6 Å². The molecule has 0 saturated carbocycles. The zero-order valence-corrected chi connectivity index (χ0v) is 22.4. The third kappa shape index (κ3) is 4.57. The molecule has 2 atom stereocenters. The molecular weight excluding hydrogens is 494 g/mol. The molecular formula is C32H30ClN3O2. The minimum absolute atomic E-state index is 0.178. The van der Waals surface area contributed by atoms with Crippen molar-refractivity contribution in [3.8, 4) is 11.8 Å². The van der Waals surface area contributed by atoms with Crippen LogP contribution >= 0.6 is 11.6 Å². The lowest BCUT2D eigenvalue weighted by Gasteiger charge is -2.41. The molecule has 1 fully saturated rings. The van der Waals surface area contributed by atoms with Crippen LogP contribution < -0.4 is 9.64 Å². The van der Waals surface area contributed by atoms with Crippen LogP contribution in [0.4, 0.5) is 5.69 Å². The van der Waals surface area contributed by atoms with Gasteiger partial charge >= 0.3 is 0 Å². The molecule has 1 aliphatic heterocycles. The van der Waals surface area contributed by atoms with Gasteiger partial charge in [-0.15, -0.1) is 0 Å². The number of ether oxygens (including phenoxy) is 1. The van der Waals surface area contributed by atoms with Crippen LogP contribution in [0, 0.1) is 16.7 Å². The fraction of sp³-hybridized carbons (Fsp3) is 0.250. The van der Waals surface area contributed by atoms with Crippen molar-refractivity contribution in [1.29, 1.82) is 5.26 Å². The maximum Gasteiger partial charge on any atom is 0.243 e. The predicted molar refractivity (Wildman–Crippen MR) is 153 cm³/mol. The largest absolute Gasteiger partial charge is 0.496 e. The van der Waals surface area contributed by atoms with E-state index in [-0.39, 0.29) is 5.91 Å². The number of carbonyl (C=O) groups excluding carboxylic acids is 1. The number of piperazine rings is 1. The van der Waals surface area contributed by atoms with Crippen LogP contribution in [0.1, 0.15) is 24.0 Å². The van der Waals surface area contributed by atoms with E-state index in [1.165, 1.54) is 0 Å². The molecule has 4 aromatic rings. The number of halogens is 1. The van der Waals surface area contributed by atoms with Gasteiger partial charge in [0.1, 0.15) is 11.2 Å². The molecule has 0 aliphatic carbocycles. The standard InChI is InChI=1S/C32H30ClN3O2/c1-32(22-34,31(37)36-20-18-35(19-21-36)28-16-7-6-15-27(28)33)30(26-13-5-8-17-29(26)38-2)25-14-9-11-23-10-3-4-12-24(23)25/h3-17,30H,18-21H2,1-2H3/t30-,32?/m0/s1. The summed E-state index contributed by atoms with van der Waals surface area (Å²) in [6.07, 6.45) is 0. The molecule has 0 radical (unpaired) electrons. The molecule has 1 saturated heterocycles. The Kier molecular flexibility index (Phi) is 7.26. The van der Waals surface area contributed by atoms with Crippen LogP contribution in [0.5, 0.6) is 5.75 Å². The number of nitrogens with zero attached hydrogens (tertiary/aromatic N) is 3. The highest BCUT2D eigenvalue weighted by Crippen LogP contribution is 2.47. The quantitative estimate of drug-likeness (QED) is 0.289. The molecule has 5 nitrogen and oxygen atoms in total. The van der Waals surface area contributed by atoms with E-state index < -0.39 is 11.3 Å². The van der Waals surface area contributed by atoms with Gasteiger partial charge in [0.05, 0.1) is 23.9 Å². The molecule has 6 heteroatoms. The second-order valence-corrected chi connectivity index (χ2v) is 10.2. The van der Waals surface area contributed by atoms with E-state index in [2.05, 4.69) is 29.2 Å². The van der Waals surface area contributed by atoms with Gasteiger partial charge in [-0.25, -0.2) is 0 Å². The second-order valence-electron chi connectivity index (χ2n) is 9.79. The van der Waals surface area contributed by atoms with Crippen LogP contribution in [-0.4, -0.2) is 44.1 Å². The van der Waals surface area contributed by atoms with E-state index in [4.69, 9.17) is 16.3 Å².